The van der Waals surface area contributed by atoms with E-state index in [1.807, 2.05) is 36.4 Å². The second-order valence-corrected chi connectivity index (χ2v) is 10.5. The van der Waals surface area contributed by atoms with Gasteiger partial charge in [-0.05, 0) is 41.2 Å². The zero-order chi connectivity index (χ0) is 26.9. The normalized spacial score (nSPS) is 13.2. The van der Waals surface area contributed by atoms with Crippen LogP contribution in [0.15, 0.2) is 60.7 Å². The number of carboxylic acid groups (broad SMARTS) is 1. The molecule has 1 aromatic heterocycles. The van der Waals surface area contributed by atoms with Crippen molar-refractivity contribution >= 4 is 20.1 Å². The van der Waals surface area contributed by atoms with E-state index in [0.29, 0.717) is 6.42 Å². The minimum Gasteiger partial charge on any atom is -0.481 e. The summed E-state index contributed by atoms with van der Waals surface area (Å²) in [5, 5.41) is 18.4. The van der Waals surface area contributed by atoms with Crippen LogP contribution in [0.5, 0.6) is 0 Å². The van der Waals surface area contributed by atoms with Crippen LogP contribution in [0, 0.1) is 5.82 Å². The highest BCUT2D eigenvalue weighted by Crippen LogP contribution is 2.39. The molecule has 2 aromatic carbocycles. The number of hydrogen-bond acceptors (Lipinski definition) is 5. The van der Waals surface area contributed by atoms with E-state index in [4.69, 9.17) is 14.6 Å². The third kappa shape index (κ3) is 7.68. The Morgan fingerprint density at radius 3 is 2.38 bits per heavy atom. The summed E-state index contributed by atoms with van der Waals surface area (Å²) in [6.07, 6.45) is 2.42. The lowest BCUT2D eigenvalue weighted by atomic mass is 9.86. The molecule has 1 heterocycles. The van der Waals surface area contributed by atoms with Crippen LogP contribution >= 0.6 is 8.03 Å². The van der Waals surface area contributed by atoms with Crippen molar-refractivity contribution in [1.82, 2.24) is 4.98 Å². The van der Waals surface area contributed by atoms with Gasteiger partial charge in [0.25, 0.3) is 0 Å². The Morgan fingerprint density at radius 2 is 1.78 bits per heavy atom. The SMILES string of the molecule is CCc1c(-c2ccccc2)nc(C(C)C)c(/C=C/CO[PH](=O)C[C@@H](O)CC(=O)O)c1-c1ccc(F)cc1. The molecule has 37 heavy (non-hydrogen) atoms. The topological polar surface area (TPSA) is 96.7 Å². The molecule has 0 saturated carbocycles. The van der Waals surface area contributed by atoms with E-state index in [9.17, 15) is 18.9 Å². The van der Waals surface area contributed by atoms with Crippen LogP contribution in [0.4, 0.5) is 4.39 Å². The second kappa shape index (κ2) is 13.4. The molecule has 8 heteroatoms. The van der Waals surface area contributed by atoms with Gasteiger partial charge in [0.1, 0.15) is 5.82 Å². The third-order valence-corrected chi connectivity index (χ3v) is 7.18. The molecule has 0 saturated heterocycles. The van der Waals surface area contributed by atoms with Crippen molar-refractivity contribution in [3.05, 3.63) is 83.3 Å². The molecule has 0 amide bonds. The highest BCUT2D eigenvalue weighted by molar-refractivity contribution is 7.39. The Bertz CT molecular complexity index is 1260. The largest absolute Gasteiger partial charge is 0.481 e. The van der Waals surface area contributed by atoms with Gasteiger partial charge in [0.15, 0.2) is 8.03 Å². The number of pyridine rings is 1. The monoisotopic (exact) mass is 525 g/mol. The number of carboxylic acids is 1. The van der Waals surface area contributed by atoms with Crippen molar-refractivity contribution in [3.8, 4) is 22.4 Å². The third-order valence-electron chi connectivity index (χ3n) is 5.88. The number of aliphatic carboxylic acids is 1. The number of aliphatic hydroxyl groups is 1. The van der Waals surface area contributed by atoms with Crippen LogP contribution in [0.1, 0.15) is 49.9 Å². The summed E-state index contributed by atoms with van der Waals surface area (Å²) in [6.45, 7) is 6.22. The first kappa shape index (κ1) is 28.5. The van der Waals surface area contributed by atoms with E-state index in [-0.39, 0.29) is 24.5 Å². The number of rotatable bonds is 12. The fourth-order valence-electron chi connectivity index (χ4n) is 4.22. The summed E-state index contributed by atoms with van der Waals surface area (Å²) < 4.78 is 31.3. The van der Waals surface area contributed by atoms with Crippen molar-refractivity contribution in [2.75, 3.05) is 12.8 Å². The van der Waals surface area contributed by atoms with E-state index in [2.05, 4.69) is 20.8 Å². The number of halogens is 1. The summed E-state index contributed by atoms with van der Waals surface area (Å²) in [4.78, 5) is 15.8. The molecule has 0 bridgehead atoms. The average Bonchev–Trinajstić information content (AvgIpc) is 2.86. The number of hydrogen-bond donors (Lipinski definition) is 2. The summed E-state index contributed by atoms with van der Waals surface area (Å²) in [7, 11) is -2.61. The molecule has 2 N–H and O–H groups in total. The Morgan fingerprint density at radius 1 is 1.11 bits per heavy atom. The first-order chi connectivity index (χ1) is 17.7. The Balaban J connectivity index is 2.04. The van der Waals surface area contributed by atoms with Gasteiger partial charge in [0, 0.05) is 17.3 Å². The van der Waals surface area contributed by atoms with Gasteiger partial charge in [-0.2, -0.15) is 0 Å². The molecule has 3 aromatic rings. The predicted octanol–water partition coefficient (Wildman–Crippen LogP) is 6.58. The second-order valence-electron chi connectivity index (χ2n) is 9.04. The fourth-order valence-corrected chi connectivity index (χ4v) is 5.15. The van der Waals surface area contributed by atoms with Gasteiger partial charge in [-0.15, -0.1) is 0 Å². The van der Waals surface area contributed by atoms with Crippen molar-refractivity contribution in [3.63, 3.8) is 0 Å². The quantitative estimate of drug-likeness (QED) is 0.259. The maximum Gasteiger partial charge on any atom is 0.305 e. The average molecular weight is 526 g/mol. The molecule has 196 valence electrons. The highest BCUT2D eigenvalue weighted by atomic mass is 31.1. The van der Waals surface area contributed by atoms with Crippen LogP contribution in [0.25, 0.3) is 28.5 Å². The van der Waals surface area contributed by atoms with Crippen LogP contribution < -0.4 is 0 Å². The van der Waals surface area contributed by atoms with Gasteiger partial charge < -0.3 is 14.7 Å². The summed E-state index contributed by atoms with van der Waals surface area (Å²) in [5.74, 6) is -1.39. The lowest BCUT2D eigenvalue weighted by molar-refractivity contribution is -0.138. The molecule has 0 aliphatic heterocycles. The number of benzene rings is 2. The zero-order valence-corrected chi connectivity index (χ0v) is 22.3. The molecule has 0 radical (unpaired) electrons. The van der Waals surface area contributed by atoms with Gasteiger partial charge in [-0.1, -0.05) is 75.4 Å². The smallest absolute Gasteiger partial charge is 0.305 e. The number of nitrogens with zero attached hydrogens (tertiary/aromatic N) is 1. The minimum atomic E-state index is -2.61. The van der Waals surface area contributed by atoms with Crippen molar-refractivity contribution in [2.24, 2.45) is 0 Å². The first-order valence-corrected chi connectivity index (χ1v) is 13.8. The highest BCUT2D eigenvalue weighted by Gasteiger charge is 2.21. The van der Waals surface area contributed by atoms with Gasteiger partial charge in [0.2, 0.25) is 0 Å². The van der Waals surface area contributed by atoms with Crippen LogP contribution in [0.2, 0.25) is 0 Å². The van der Waals surface area contributed by atoms with E-state index < -0.39 is 26.5 Å². The molecule has 3 rings (SSSR count). The summed E-state index contributed by atoms with van der Waals surface area (Å²) >= 11 is 0. The minimum absolute atomic E-state index is 0.0277. The lowest BCUT2D eigenvalue weighted by Crippen LogP contribution is -2.15. The molecule has 0 aliphatic carbocycles. The van der Waals surface area contributed by atoms with Crippen LogP contribution in [-0.4, -0.2) is 40.0 Å². The molecule has 2 atom stereocenters. The van der Waals surface area contributed by atoms with Crippen LogP contribution in [0.3, 0.4) is 0 Å². The van der Waals surface area contributed by atoms with E-state index in [1.54, 1.807) is 18.2 Å². The molecular weight excluding hydrogens is 492 g/mol. The van der Waals surface area contributed by atoms with Crippen molar-refractivity contribution < 1.29 is 28.5 Å². The predicted molar refractivity (Wildman–Crippen MR) is 146 cm³/mol. The van der Waals surface area contributed by atoms with Crippen LogP contribution in [-0.2, 0) is 20.3 Å². The van der Waals surface area contributed by atoms with Gasteiger partial charge in [-0.25, -0.2) is 4.39 Å². The Kier molecular flexibility index (Phi) is 10.3. The zero-order valence-electron chi connectivity index (χ0n) is 21.3. The number of aromatic nitrogens is 1. The van der Waals surface area contributed by atoms with E-state index >= 15 is 0 Å². The molecule has 6 nitrogen and oxygen atoms in total. The lowest BCUT2D eigenvalue weighted by Gasteiger charge is -2.22. The van der Waals surface area contributed by atoms with Gasteiger partial charge in [0.05, 0.1) is 30.5 Å². The number of carbonyl (C=O) groups is 1. The summed E-state index contributed by atoms with van der Waals surface area (Å²) in [6, 6.07) is 16.4. The number of aliphatic hydroxyl groups excluding tert-OH is 1. The molecule has 1 unspecified atom stereocenters. The summed E-state index contributed by atoms with van der Waals surface area (Å²) in [5.41, 5.74) is 6.50. The standard InChI is InChI=1S/C29H33FNO5P/c1-4-24-27(20-12-14-22(30)15-13-20)25(11-8-16-36-37(35)18-23(32)17-26(33)34)28(19(2)3)31-29(24)21-9-6-5-7-10-21/h5-15,19,23,32,37H,4,16-18H2,1-3H3,(H,33,34)/b11-8+/t23-/m0/s1. The molecule has 0 aliphatic rings. The Labute approximate surface area is 217 Å². The Hall–Kier alpha value is -3.12. The maximum absolute atomic E-state index is 13.8. The van der Waals surface area contributed by atoms with Crippen molar-refractivity contribution in [2.45, 2.75) is 45.6 Å². The molecular formula is C29H33FNO5P. The fraction of sp³-hybridized carbons (Fsp3) is 0.310. The van der Waals surface area contributed by atoms with E-state index in [1.165, 1.54) is 12.1 Å². The first-order valence-electron chi connectivity index (χ1n) is 12.3. The van der Waals surface area contributed by atoms with Crippen molar-refractivity contribution in [1.29, 1.82) is 0 Å². The molecule has 0 fully saturated rings. The molecule has 0 spiro atoms. The van der Waals surface area contributed by atoms with Gasteiger partial charge >= 0.3 is 5.97 Å². The van der Waals surface area contributed by atoms with Gasteiger partial charge in [-0.3, -0.25) is 14.3 Å². The van der Waals surface area contributed by atoms with E-state index in [0.717, 1.165) is 39.2 Å². The maximum atomic E-state index is 13.8.